The quantitative estimate of drug-likeness (QED) is 0.579. The Morgan fingerprint density at radius 1 is 1.09 bits per heavy atom. The van der Waals surface area contributed by atoms with Crippen LogP contribution in [0.1, 0.15) is 58.4 Å². The van der Waals surface area contributed by atoms with Crippen molar-refractivity contribution in [1.29, 1.82) is 0 Å². The summed E-state index contributed by atoms with van der Waals surface area (Å²) in [5, 5.41) is 5.04. The molecule has 0 aromatic heterocycles. The fourth-order valence-electron chi connectivity index (χ4n) is 4.53. The second-order valence-electron chi connectivity index (χ2n) is 10.2. The molecule has 1 saturated heterocycles. The molecule has 1 heterocycles. The Hall–Kier alpha value is -2.52. The van der Waals surface area contributed by atoms with Crippen LogP contribution >= 0.6 is 11.6 Å². The molecule has 2 N–H and O–H groups in total. The number of amides is 3. The standard InChI is InChI=1S/C25H37ClN4O5/c1-25(2,3)35-23(32)27-21(14-17-10-12-18(26)13-11-17)22(31)28-29-15-20(16-29)30(24(33)34-4)19-8-6-5-7-9-19/h10-13,19-21H,5-9,14-16H2,1-4H3,(H,27,32)(H,28,31)/t21-/m1/s1. The molecule has 0 radical (unpaired) electrons. The molecule has 0 spiro atoms. The number of alkyl carbamates (subject to hydrolysis) is 1. The van der Waals surface area contributed by atoms with Crippen molar-refractivity contribution in [3.8, 4) is 0 Å². The molecule has 1 saturated carbocycles. The minimum Gasteiger partial charge on any atom is -0.453 e. The van der Waals surface area contributed by atoms with Gasteiger partial charge in [-0.05, 0) is 51.3 Å². The average Bonchev–Trinajstić information content (AvgIpc) is 2.77. The normalized spacial score (nSPS) is 18.2. The predicted molar refractivity (Wildman–Crippen MR) is 133 cm³/mol. The van der Waals surface area contributed by atoms with Gasteiger partial charge in [-0.3, -0.25) is 15.1 Å². The number of benzene rings is 1. The highest BCUT2D eigenvalue weighted by molar-refractivity contribution is 6.30. The van der Waals surface area contributed by atoms with Crippen LogP contribution in [0.25, 0.3) is 0 Å². The first kappa shape index (κ1) is 27.1. The van der Waals surface area contributed by atoms with Gasteiger partial charge in [-0.1, -0.05) is 43.0 Å². The number of nitrogens with one attached hydrogen (secondary N) is 2. The summed E-state index contributed by atoms with van der Waals surface area (Å²) in [6, 6.07) is 6.41. The summed E-state index contributed by atoms with van der Waals surface area (Å²) in [5.41, 5.74) is 3.04. The Kier molecular flexibility index (Phi) is 9.24. The van der Waals surface area contributed by atoms with Gasteiger partial charge < -0.3 is 14.8 Å². The summed E-state index contributed by atoms with van der Waals surface area (Å²) in [5.74, 6) is -0.355. The van der Waals surface area contributed by atoms with Crippen LogP contribution in [0.4, 0.5) is 9.59 Å². The topological polar surface area (TPSA) is 100 Å². The first-order valence-electron chi connectivity index (χ1n) is 12.2. The van der Waals surface area contributed by atoms with E-state index in [-0.39, 0.29) is 30.5 Å². The summed E-state index contributed by atoms with van der Waals surface area (Å²) in [4.78, 5) is 39.8. The van der Waals surface area contributed by atoms with Crippen molar-refractivity contribution in [3.63, 3.8) is 0 Å². The molecule has 1 aliphatic heterocycles. The molecular weight excluding hydrogens is 472 g/mol. The fourth-order valence-corrected chi connectivity index (χ4v) is 4.66. The number of carbonyl (C=O) groups excluding carboxylic acids is 3. The molecular formula is C25H37ClN4O5. The zero-order valence-electron chi connectivity index (χ0n) is 21.0. The van der Waals surface area contributed by atoms with Crippen LogP contribution in [0, 0.1) is 0 Å². The largest absolute Gasteiger partial charge is 0.453 e. The maximum atomic E-state index is 13.1. The van der Waals surface area contributed by atoms with E-state index in [0.717, 1.165) is 31.2 Å². The van der Waals surface area contributed by atoms with Crippen LogP contribution in [0.5, 0.6) is 0 Å². The second kappa shape index (κ2) is 11.9. The van der Waals surface area contributed by atoms with Crippen LogP contribution in [0.15, 0.2) is 24.3 Å². The van der Waals surface area contributed by atoms with Gasteiger partial charge in [0.05, 0.1) is 13.2 Å². The highest BCUT2D eigenvalue weighted by atomic mass is 35.5. The molecule has 10 heteroatoms. The van der Waals surface area contributed by atoms with E-state index in [1.54, 1.807) is 37.9 Å². The molecule has 0 unspecified atom stereocenters. The van der Waals surface area contributed by atoms with Crippen molar-refractivity contribution in [3.05, 3.63) is 34.9 Å². The van der Waals surface area contributed by atoms with Crippen molar-refractivity contribution in [2.45, 2.75) is 83.0 Å². The molecule has 2 fully saturated rings. The van der Waals surface area contributed by atoms with Gasteiger partial charge in [-0.15, -0.1) is 0 Å². The molecule has 1 aromatic carbocycles. The number of methoxy groups -OCH3 is 1. The lowest BCUT2D eigenvalue weighted by Gasteiger charge is -2.48. The third-order valence-corrected chi connectivity index (χ3v) is 6.49. The van der Waals surface area contributed by atoms with Gasteiger partial charge in [0.2, 0.25) is 0 Å². The van der Waals surface area contributed by atoms with Crippen molar-refractivity contribution < 1.29 is 23.9 Å². The van der Waals surface area contributed by atoms with E-state index in [1.165, 1.54) is 13.5 Å². The van der Waals surface area contributed by atoms with E-state index in [1.807, 2.05) is 17.0 Å². The van der Waals surface area contributed by atoms with E-state index < -0.39 is 17.7 Å². The summed E-state index contributed by atoms with van der Waals surface area (Å²) in [7, 11) is 1.40. The Bertz CT molecular complexity index is 877. The molecule has 2 aliphatic rings. The number of nitrogens with zero attached hydrogens (tertiary/aromatic N) is 2. The molecule has 194 valence electrons. The Morgan fingerprint density at radius 2 is 1.71 bits per heavy atom. The van der Waals surface area contributed by atoms with Gasteiger partial charge in [0.25, 0.3) is 5.91 Å². The van der Waals surface area contributed by atoms with Gasteiger partial charge in [0.15, 0.2) is 0 Å². The number of rotatable bonds is 7. The minimum atomic E-state index is -0.847. The number of hydrazine groups is 1. The maximum absolute atomic E-state index is 13.1. The highest BCUT2D eigenvalue weighted by Crippen LogP contribution is 2.27. The predicted octanol–water partition coefficient (Wildman–Crippen LogP) is 3.89. The van der Waals surface area contributed by atoms with E-state index in [2.05, 4.69) is 10.7 Å². The first-order valence-corrected chi connectivity index (χ1v) is 12.6. The van der Waals surface area contributed by atoms with Crippen molar-refractivity contribution in [2.75, 3.05) is 20.2 Å². The Balaban J connectivity index is 1.61. The molecule has 35 heavy (non-hydrogen) atoms. The highest BCUT2D eigenvalue weighted by Gasteiger charge is 2.40. The number of halogens is 1. The van der Waals surface area contributed by atoms with Crippen molar-refractivity contribution in [2.24, 2.45) is 0 Å². The van der Waals surface area contributed by atoms with E-state index in [0.29, 0.717) is 18.1 Å². The van der Waals surface area contributed by atoms with Gasteiger partial charge >= 0.3 is 12.2 Å². The monoisotopic (exact) mass is 508 g/mol. The van der Waals surface area contributed by atoms with Crippen LogP contribution in [-0.2, 0) is 20.7 Å². The average molecular weight is 509 g/mol. The molecule has 3 rings (SSSR count). The van der Waals surface area contributed by atoms with Crippen molar-refractivity contribution in [1.82, 2.24) is 20.7 Å². The molecule has 3 amide bonds. The maximum Gasteiger partial charge on any atom is 0.410 e. The number of hydrogen-bond donors (Lipinski definition) is 2. The van der Waals surface area contributed by atoms with Crippen LogP contribution in [-0.4, -0.2) is 71.9 Å². The Labute approximate surface area is 212 Å². The lowest BCUT2D eigenvalue weighted by Crippen LogP contribution is -2.68. The van der Waals surface area contributed by atoms with Gasteiger partial charge in [0.1, 0.15) is 11.6 Å². The zero-order chi connectivity index (χ0) is 25.6. The molecule has 0 bridgehead atoms. The molecule has 1 aliphatic carbocycles. The fraction of sp³-hybridized carbons (Fsp3) is 0.640. The molecule has 9 nitrogen and oxygen atoms in total. The van der Waals surface area contributed by atoms with Crippen LogP contribution in [0.2, 0.25) is 5.02 Å². The zero-order valence-corrected chi connectivity index (χ0v) is 21.8. The molecule has 1 aromatic rings. The lowest BCUT2D eigenvalue weighted by atomic mass is 9.92. The summed E-state index contributed by atoms with van der Waals surface area (Å²) in [6.07, 6.45) is 4.64. The van der Waals surface area contributed by atoms with Gasteiger partial charge in [0, 0.05) is 30.6 Å². The van der Waals surface area contributed by atoms with Crippen LogP contribution < -0.4 is 10.7 Å². The number of ether oxygens (including phenoxy) is 2. The molecule has 1 atom stereocenters. The second-order valence-corrected chi connectivity index (χ2v) is 10.7. The van der Waals surface area contributed by atoms with Crippen molar-refractivity contribution >= 4 is 29.7 Å². The number of hydrogen-bond acceptors (Lipinski definition) is 6. The van der Waals surface area contributed by atoms with E-state index in [4.69, 9.17) is 21.1 Å². The lowest BCUT2D eigenvalue weighted by molar-refractivity contribution is -0.132. The third kappa shape index (κ3) is 8.00. The first-order chi connectivity index (χ1) is 16.6. The number of carbonyl (C=O) groups is 3. The SMILES string of the molecule is COC(=O)N(C1CCCCC1)C1CN(NC(=O)[C@@H](Cc2ccc(Cl)cc2)NC(=O)OC(C)(C)C)C1. The smallest absolute Gasteiger partial charge is 0.410 e. The van der Waals surface area contributed by atoms with Crippen LogP contribution in [0.3, 0.4) is 0 Å². The summed E-state index contributed by atoms with van der Waals surface area (Å²) in [6.45, 7) is 6.29. The summed E-state index contributed by atoms with van der Waals surface area (Å²) < 4.78 is 10.4. The van der Waals surface area contributed by atoms with Gasteiger partial charge in [-0.2, -0.15) is 0 Å². The third-order valence-electron chi connectivity index (χ3n) is 6.24. The minimum absolute atomic E-state index is 0.0284. The van der Waals surface area contributed by atoms with E-state index >= 15 is 0 Å². The Morgan fingerprint density at radius 3 is 2.29 bits per heavy atom. The summed E-state index contributed by atoms with van der Waals surface area (Å²) >= 11 is 5.98. The van der Waals surface area contributed by atoms with E-state index in [9.17, 15) is 14.4 Å². The van der Waals surface area contributed by atoms with Gasteiger partial charge in [-0.25, -0.2) is 14.6 Å².